The molecule has 2 amide bonds. The minimum absolute atomic E-state index is 0.0126. The summed E-state index contributed by atoms with van der Waals surface area (Å²) in [7, 11) is -4.18. The Morgan fingerprint density at radius 2 is 1.85 bits per heavy atom. The van der Waals surface area contributed by atoms with E-state index in [-0.39, 0.29) is 22.9 Å². The van der Waals surface area contributed by atoms with Crippen LogP contribution in [0.5, 0.6) is 5.88 Å². The Morgan fingerprint density at radius 1 is 1.12 bits per heavy atom. The van der Waals surface area contributed by atoms with Crippen LogP contribution in [0.25, 0.3) is 0 Å². The Kier molecular flexibility index (Phi) is 5.30. The van der Waals surface area contributed by atoms with Gasteiger partial charge in [-0.1, -0.05) is 6.07 Å². The third-order valence-electron chi connectivity index (χ3n) is 7.50. The molecule has 2 aliphatic carbocycles. The molecule has 3 heterocycles. The molecule has 1 saturated heterocycles. The third kappa shape index (κ3) is 3.75. The molecule has 11 heteroatoms. The lowest BCUT2D eigenvalue weighted by Gasteiger charge is -2.31. The predicted octanol–water partition coefficient (Wildman–Crippen LogP) is 1.20. The number of β-amino-alcohol motifs (C(OH)–C–C–N with tert-alkyl or cyclic N) is 1. The van der Waals surface area contributed by atoms with Crippen molar-refractivity contribution in [2.75, 3.05) is 25.0 Å². The number of rotatable bonds is 4. The predicted molar refractivity (Wildman–Crippen MR) is 124 cm³/mol. The molecular weight excluding hydrogens is 458 g/mol. The second kappa shape index (κ2) is 8.24. The van der Waals surface area contributed by atoms with Gasteiger partial charge in [0.25, 0.3) is 10.0 Å². The lowest BCUT2D eigenvalue weighted by molar-refractivity contribution is 0.0860. The number of sulfonamides is 1. The number of amides is 2. The fraction of sp³-hybridized carbons (Fsp3) is 0.565. The second-order valence-corrected chi connectivity index (χ2v) is 11.3. The van der Waals surface area contributed by atoms with Crippen LogP contribution in [0.4, 0.5) is 10.5 Å². The normalized spacial score (nSPS) is 23.8. The van der Waals surface area contributed by atoms with Gasteiger partial charge in [-0.05, 0) is 67.2 Å². The lowest BCUT2D eigenvalue weighted by atomic mass is 9.99. The van der Waals surface area contributed by atoms with Crippen molar-refractivity contribution in [1.82, 2.24) is 19.4 Å². The summed E-state index contributed by atoms with van der Waals surface area (Å²) in [5.74, 6) is 0.137. The highest BCUT2D eigenvalue weighted by Crippen LogP contribution is 2.38. The molecule has 6 rings (SSSR count). The number of anilines is 1. The van der Waals surface area contributed by atoms with Crippen molar-refractivity contribution in [2.45, 2.75) is 68.5 Å². The van der Waals surface area contributed by atoms with E-state index in [1.807, 2.05) is 0 Å². The maximum absolute atomic E-state index is 13.1. The number of carbonyl (C=O) groups is 1. The molecule has 34 heavy (non-hydrogen) atoms. The van der Waals surface area contributed by atoms with E-state index in [0.717, 1.165) is 68.3 Å². The van der Waals surface area contributed by atoms with E-state index >= 15 is 0 Å². The smallest absolute Gasteiger partial charge is 0.333 e. The molecule has 3 N–H and O–H groups in total. The molecule has 2 aliphatic heterocycles. The molecule has 1 aromatic heterocycles. The van der Waals surface area contributed by atoms with Crippen molar-refractivity contribution < 1.29 is 23.1 Å². The summed E-state index contributed by atoms with van der Waals surface area (Å²) in [6.45, 7) is 2.11. The number of nitrogens with zero attached hydrogens (tertiary/aromatic N) is 3. The standard InChI is InChI=1S/C23H29N5O5S/c29-17-7-8-27(12-17)16-11-28-22(33-13-16)20(10-24-28)34(31,32)26-23(30)25-21-18-5-1-3-14(18)9-15-4-2-6-19(15)21/h9-10,16-17,29H,1-8,11-13H2,(H2,25,26,30). The maximum atomic E-state index is 13.1. The molecular formula is C23H29N5O5S. The Morgan fingerprint density at radius 3 is 2.53 bits per heavy atom. The average Bonchev–Trinajstić information content (AvgIpc) is 3.58. The minimum atomic E-state index is -4.18. The van der Waals surface area contributed by atoms with E-state index in [1.54, 1.807) is 0 Å². The summed E-state index contributed by atoms with van der Waals surface area (Å²) < 4.78 is 35.6. The molecule has 0 spiro atoms. The third-order valence-corrected chi connectivity index (χ3v) is 8.81. The van der Waals surface area contributed by atoms with Crippen molar-refractivity contribution in [3.8, 4) is 5.88 Å². The van der Waals surface area contributed by atoms with Gasteiger partial charge in [-0.3, -0.25) is 4.90 Å². The Hall–Kier alpha value is -2.63. The molecule has 0 radical (unpaired) electrons. The maximum Gasteiger partial charge on any atom is 0.333 e. The first-order valence-corrected chi connectivity index (χ1v) is 13.5. The van der Waals surface area contributed by atoms with E-state index in [0.29, 0.717) is 19.7 Å². The summed E-state index contributed by atoms with van der Waals surface area (Å²) in [5.41, 5.74) is 5.59. The van der Waals surface area contributed by atoms with Gasteiger partial charge in [0.05, 0.1) is 24.9 Å². The van der Waals surface area contributed by atoms with Gasteiger partial charge in [0.1, 0.15) is 6.61 Å². The number of fused-ring (bicyclic) bond motifs is 3. The number of aliphatic hydroxyl groups excluding tert-OH is 1. The molecule has 0 bridgehead atoms. The van der Waals surface area contributed by atoms with Crippen LogP contribution in [0.15, 0.2) is 17.2 Å². The molecule has 2 unspecified atom stereocenters. The molecule has 4 aliphatic rings. The first-order valence-electron chi connectivity index (χ1n) is 12.0. The highest BCUT2D eigenvalue weighted by atomic mass is 32.2. The SMILES string of the molecule is O=C(Nc1c2c(cc3c1CCC3)CCC2)NS(=O)(=O)c1cnn2c1OCC(N1CCC(O)C1)C2. The molecule has 182 valence electrons. The minimum Gasteiger partial charge on any atom is -0.475 e. The second-order valence-electron chi connectivity index (χ2n) is 9.69. The Labute approximate surface area is 198 Å². The van der Waals surface area contributed by atoms with Crippen molar-refractivity contribution in [3.63, 3.8) is 0 Å². The zero-order valence-electron chi connectivity index (χ0n) is 18.9. The van der Waals surface area contributed by atoms with Crippen LogP contribution in [0.2, 0.25) is 0 Å². The Bertz CT molecular complexity index is 1220. The van der Waals surface area contributed by atoms with E-state index in [1.165, 1.54) is 22.0 Å². The number of hydrogen-bond acceptors (Lipinski definition) is 7. The fourth-order valence-electron chi connectivity index (χ4n) is 5.85. The number of aromatic nitrogens is 2. The lowest BCUT2D eigenvalue weighted by Crippen LogP contribution is -2.44. The number of likely N-dealkylation sites (tertiary alicyclic amines) is 1. The van der Waals surface area contributed by atoms with Crippen LogP contribution in [-0.2, 0) is 42.3 Å². The van der Waals surface area contributed by atoms with Crippen LogP contribution in [-0.4, -0.2) is 66.1 Å². The van der Waals surface area contributed by atoms with Crippen molar-refractivity contribution in [1.29, 1.82) is 0 Å². The summed E-state index contributed by atoms with van der Waals surface area (Å²) >= 11 is 0. The van der Waals surface area contributed by atoms with Gasteiger partial charge in [-0.25, -0.2) is 22.6 Å². The molecule has 10 nitrogen and oxygen atoms in total. The van der Waals surface area contributed by atoms with Crippen LogP contribution in [0.3, 0.4) is 0 Å². The van der Waals surface area contributed by atoms with E-state index in [4.69, 9.17) is 4.74 Å². The van der Waals surface area contributed by atoms with Gasteiger partial charge < -0.3 is 15.2 Å². The van der Waals surface area contributed by atoms with E-state index < -0.39 is 16.1 Å². The quantitative estimate of drug-likeness (QED) is 0.592. The summed E-state index contributed by atoms with van der Waals surface area (Å²) in [6, 6.07) is 1.50. The molecule has 1 aromatic carbocycles. The van der Waals surface area contributed by atoms with Crippen molar-refractivity contribution in [2.24, 2.45) is 0 Å². The van der Waals surface area contributed by atoms with Gasteiger partial charge in [0, 0.05) is 18.8 Å². The van der Waals surface area contributed by atoms with Gasteiger partial charge in [0.15, 0.2) is 4.90 Å². The van der Waals surface area contributed by atoms with Crippen molar-refractivity contribution >= 4 is 21.7 Å². The average molecular weight is 488 g/mol. The first-order chi connectivity index (χ1) is 16.4. The van der Waals surface area contributed by atoms with E-state index in [2.05, 4.69) is 26.1 Å². The van der Waals surface area contributed by atoms with Crippen LogP contribution in [0, 0.1) is 0 Å². The topological polar surface area (TPSA) is 126 Å². The molecule has 1 fully saturated rings. The van der Waals surface area contributed by atoms with Crippen LogP contribution < -0.4 is 14.8 Å². The summed E-state index contributed by atoms with van der Waals surface area (Å²) in [6.07, 6.45) is 7.47. The molecule has 0 saturated carbocycles. The Balaban J connectivity index is 1.19. The number of carbonyl (C=O) groups excluding carboxylic acids is 1. The number of hydrogen-bond donors (Lipinski definition) is 3. The van der Waals surface area contributed by atoms with Crippen LogP contribution in [0.1, 0.15) is 41.5 Å². The summed E-state index contributed by atoms with van der Waals surface area (Å²) in [5, 5.41) is 16.9. The zero-order valence-corrected chi connectivity index (χ0v) is 19.7. The number of urea groups is 1. The fourth-order valence-corrected chi connectivity index (χ4v) is 6.83. The monoisotopic (exact) mass is 487 g/mol. The van der Waals surface area contributed by atoms with Gasteiger partial charge in [0.2, 0.25) is 5.88 Å². The highest BCUT2D eigenvalue weighted by Gasteiger charge is 2.35. The number of nitrogens with one attached hydrogen (secondary N) is 2. The number of aryl methyl sites for hydroxylation is 2. The highest BCUT2D eigenvalue weighted by molar-refractivity contribution is 7.90. The number of benzene rings is 1. The first kappa shape index (κ1) is 21.9. The van der Waals surface area contributed by atoms with E-state index in [9.17, 15) is 18.3 Å². The van der Waals surface area contributed by atoms with Gasteiger partial charge in [-0.2, -0.15) is 5.10 Å². The number of ether oxygens (including phenoxy) is 1. The largest absolute Gasteiger partial charge is 0.475 e. The number of aliphatic hydroxyl groups is 1. The van der Waals surface area contributed by atoms with Crippen LogP contribution >= 0.6 is 0 Å². The van der Waals surface area contributed by atoms with Crippen molar-refractivity contribution in [3.05, 3.63) is 34.5 Å². The molecule has 2 aromatic rings. The summed E-state index contributed by atoms with van der Waals surface area (Å²) in [4.78, 5) is 14.8. The van der Waals surface area contributed by atoms with Gasteiger partial charge >= 0.3 is 6.03 Å². The molecule has 2 atom stereocenters. The zero-order chi connectivity index (χ0) is 23.4. The van der Waals surface area contributed by atoms with Gasteiger partial charge in [-0.15, -0.1) is 0 Å².